The van der Waals surface area contributed by atoms with Gasteiger partial charge in [0.25, 0.3) is 0 Å². The normalized spacial score (nSPS) is 18.6. The van der Waals surface area contributed by atoms with Crippen molar-refractivity contribution in [3.63, 3.8) is 0 Å². The Morgan fingerprint density at radius 2 is 1.66 bits per heavy atom. The maximum absolute atomic E-state index is 13.6. The zero-order valence-corrected chi connectivity index (χ0v) is 17.0. The van der Waals surface area contributed by atoms with Gasteiger partial charge in [-0.05, 0) is 37.3 Å². The Labute approximate surface area is 171 Å². The van der Waals surface area contributed by atoms with E-state index >= 15 is 0 Å². The molecule has 2 fully saturated rings. The van der Waals surface area contributed by atoms with Crippen LogP contribution in [0.3, 0.4) is 0 Å². The average Bonchev–Trinajstić information content (AvgIpc) is 2.71. The monoisotopic (exact) mass is 407 g/mol. The minimum absolute atomic E-state index is 0.00195. The first-order valence-corrected chi connectivity index (χ1v) is 10.7. The van der Waals surface area contributed by atoms with Gasteiger partial charge >= 0.3 is 0 Å². The summed E-state index contributed by atoms with van der Waals surface area (Å²) in [7, 11) is 0. The van der Waals surface area contributed by atoms with Crippen LogP contribution in [0.1, 0.15) is 44.1 Å². The molecule has 29 heavy (non-hydrogen) atoms. The molecule has 1 N–H and O–H groups in total. The van der Waals surface area contributed by atoms with Gasteiger partial charge in [-0.25, -0.2) is 8.78 Å². The molecule has 0 unspecified atom stereocenters. The molecule has 0 radical (unpaired) electrons. The summed E-state index contributed by atoms with van der Waals surface area (Å²) in [5, 5.41) is 2.73. The molecular weight excluding hydrogens is 376 g/mol. The minimum atomic E-state index is -0.590. The second-order valence-electron chi connectivity index (χ2n) is 8.17. The van der Waals surface area contributed by atoms with Gasteiger partial charge in [0.05, 0.1) is 6.54 Å². The van der Waals surface area contributed by atoms with Crippen molar-refractivity contribution in [1.82, 2.24) is 15.1 Å². The van der Waals surface area contributed by atoms with E-state index in [2.05, 4.69) is 5.32 Å². The molecule has 1 aromatic rings. The Morgan fingerprint density at radius 3 is 2.31 bits per heavy atom. The molecule has 7 heteroatoms. The highest BCUT2D eigenvalue weighted by atomic mass is 19.1. The standard InChI is InChI=1S/C22H31F2N3O2/c23-19-7-4-8-20(24)18(19)9-10-25-21(28)16-26-11-13-27(14-12-26)22(29)15-17-5-2-1-3-6-17/h4,7-8,17H,1-3,5-6,9-16H2,(H,25,28). The molecule has 0 aromatic heterocycles. The lowest BCUT2D eigenvalue weighted by molar-refractivity contribution is -0.134. The first-order chi connectivity index (χ1) is 14.0. The van der Waals surface area contributed by atoms with Gasteiger partial charge in [-0.2, -0.15) is 0 Å². The maximum Gasteiger partial charge on any atom is 0.234 e. The summed E-state index contributed by atoms with van der Waals surface area (Å²) in [5.41, 5.74) is -0.00195. The third-order valence-electron chi connectivity index (χ3n) is 6.04. The van der Waals surface area contributed by atoms with Crippen molar-refractivity contribution in [2.75, 3.05) is 39.3 Å². The van der Waals surface area contributed by atoms with Crippen molar-refractivity contribution in [1.29, 1.82) is 0 Å². The van der Waals surface area contributed by atoms with Crippen molar-refractivity contribution < 1.29 is 18.4 Å². The van der Waals surface area contributed by atoms with E-state index in [-0.39, 0.29) is 36.9 Å². The zero-order valence-electron chi connectivity index (χ0n) is 17.0. The Morgan fingerprint density at radius 1 is 1.00 bits per heavy atom. The van der Waals surface area contributed by atoms with E-state index in [0.29, 0.717) is 38.5 Å². The third-order valence-corrected chi connectivity index (χ3v) is 6.04. The molecule has 160 valence electrons. The van der Waals surface area contributed by atoms with Crippen LogP contribution in [0.5, 0.6) is 0 Å². The van der Waals surface area contributed by atoms with Gasteiger partial charge in [-0.15, -0.1) is 0 Å². The van der Waals surface area contributed by atoms with E-state index in [1.165, 1.54) is 50.3 Å². The molecule has 3 rings (SSSR count). The quantitative estimate of drug-likeness (QED) is 0.756. The number of amides is 2. The summed E-state index contributed by atoms with van der Waals surface area (Å²) in [6, 6.07) is 3.76. The number of benzene rings is 1. The molecule has 0 spiro atoms. The molecule has 2 amide bonds. The minimum Gasteiger partial charge on any atom is -0.355 e. The van der Waals surface area contributed by atoms with E-state index in [9.17, 15) is 18.4 Å². The molecule has 1 aliphatic heterocycles. The Hall–Kier alpha value is -2.02. The third kappa shape index (κ3) is 6.49. The SMILES string of the molecule is O=C(CN1CCN(C(=O)CC2CCCCC2)CC1)NCCc1c(F)cccc1F. The second kappa shape index (κ2) is 10.7. The Balaban J connectivity index is 1.33. The number of piperazine rings is 1. The number of carbonyl (C=O) groups excluding carboxylic acids is 2. The van der Waals surface area contributed by atoms with Crippen molar-refractivity contribution in [3.05, 3.63) is 35.4 Å². The van der Waals surface area contributed by atoms with Crippen LogP contribution < -0.4 is 5.32 Å². The van der Waals surface area contributed by atoms with Crippen LogP contribution in [0.15, 0.2) is 18.2 Å². The van der Waals surface area contributed by atoms with Gasteiger partial charge in [-0.1, -0.05) is 25.3 Å². The van der Waals surface area contributed by atoms with Gasteiger partial charge in [0.15, 0.2) is 0 Å². The van der Waals surface area contributed by atoms with E-state index in [1.54, 1.807) is 0 Å². The van der Waals surface area contributed by atoms with Crippen molar-refractivity contribution >= 4 is 11.8 Å². The fraction of sp³-hybridized carbons (Fsp3) is 0.636. The molecule has 0 bridgehead atoms. The molecule has 1 saturated carbocycles. The highest BCUT2D eigenvalue weighted by Crippen LogP contribution is 2.27. The van der Waals surface area contributed by atoms with E-state index in [4.69, 9.17) is 0 Å². The highest BCUT2D eigenvalue weighted by Gasteiger charge is 2.25. The zero-order chi connectivity index (χ0) is 20.6. The molecule has 0 atom stereocenters. The molecule has 1 aromatic carbocycles. The van der Waals surface area contributed by atoms with E-state index < -0.39 is 11.6 Å². The summed E-state index contributed by atoms with van der Waals surface area (Å²) in [4.78, 5) is 28.6. The smallest absolute Gasteiger partial charge is 0.234 e. The summed E-state index contributed by atoms with van der Waals surface area (Å²) in [5.74, 6) is -0.558. The number of hydrogen-bond donors (Lipinski definition) is 1. The van der Waals surface area contributed by atoms with Gasteiger partial charge in [0.2, 0.25) is 11.8 Å². The predicted octanol–water partition coefficient (Wildman–Crippen LogP) is 2.74. The largest absolute Gasteiger partial charge is 0.355 e. The first kappa shape index (κ1) is 21.7. The Bertz CT molecular complexity index is 679. The van der Waals surface area contributed by atoms with Crippen LogP contribution >= 0.6 is 0 Å². The molecule has 1 aliphatic carbocycles. The summed E-state index contributed by atoms with van der Waals surface area (Å²) in [6.45, 7) is 3.08. The van der Waals surface area contributed by atoms with Gasteiger partial charge in [-0.3, -0.25) is 14.5 Å². The van der Waals surface area contributed by atoms with Crippen LogP contribution in [0.4, 0.5) is 8.78 Å². The Kier molecular flexibility index (Phi) is 7.98. The number of halogens is 2. The van der Waals surface area contributed by atoms with Crippen LogP contribution in [0.25, 0.3) is 0 Å². The number of nitrogens with zero attached hydrogens (tertiary/aromatic N) is 2. The number of hydrogen-bond acceptors (Lipinski definition) is 3. The lowest BCUT2D eigenvalue weighted by Crippen LogP contribution is -2.51. The predicted molar refractivity (Wildman–Crippen MR) is 107 cm³/mol. The van der Waals surface area contributed by atoms with Crippen molar-refractivity contribution in [2.24, 2.45) is 5.92 Å². The van der Waals surface area contributed by atoms with Crippen molar-refractivity contribution in [2.45, 2.75) is 44.9 Å². The fourth-order valence-corrected chi connectivity index (χ4v) is 4.28. The van der Waals surface area contributed by atoms with Crippen molar-refractivity contribution in [3.8, 4) is 0 Å². The summed E-state index contributed by atoms with van der Waals surface area (Å²) >= 11 is 0. The molecule has 2 aliphatic rings. The topological polar surface area (TPSA) is 52.7 Å². The fourth-order valence-electron chi connectivity index (χ4n) is 4.28. The first-order valence-electron chi connectivity index (χ1n) is 10.7. The van der Waals surface area contributed by atoms with Crippen LogP contribution in [-0.2, 0) is 16.0 Å². The number of carbonyl (C=O) groups is 2. The summed E-state index contributed by atoms with van der Waals surface area (Å²) < 4.78 is 27.2. The molecule has 1 saturated heterocycles. The van der Waals surface area contributed by atoms with Crippen LogP contribution in [-0.4, -0.2) is 60.9 Å². The van der Waals surface area contributed by atoms with Crippen LogP contribution in [0.2, 0.25) is 0 Å². The molecule has 1 heterocycles. The van der Waals surface area contributed by atoms with E-state index in [0.717, 1.165) is 0 Å². The van der Waals surface area contributed by atoms with Crippen LogP contribution in [0, 0.1) is 17.6 Å². The van der Waals surface area contributed by atoms with E-state index in [1.807, 2.05) is 9.80 Å². The summed E-state index contributed by atoms with van der Waals surface area (Å²) in [6.07, 6.45) is 6.89. The molecule has 5 nitrogen and oxygen atoms in total. The van der Waals surface area contributed by atoms with Gasteiger partial charge < -0.3 is 10.2 Å². The van der Waals surface area contributed by atoms with Gasteiger partial charge in [0.1, 0.15) is 11.6 Å². The molecular formula is C22H31F2N3O2. The lowest BCUT2D eigenvalue weighted by Gasteiger charge is -2.35. The average molecular weight is 408 g/mol. The number of nitrogens with one attached hydrogen (secondary N) is 1. The second-order valence-corrected chi connectivity index (χ2v) is 8.17. The van der Waals surface area contributed by atoms with Gasteiger partial charge in [0, 0.05) is 44.7 Å². The maximum atomic E-state index is 13.6. The number of rotatable bonds is 7. The lowest BCUT2D eigenvalue weighted by atomic mass is 9.86. The highest BCUT2D eigenvalue weighted by molar-refractivity contribution is 5.78.